The molecule has 0 unspecified atom stereocenters. The lowest BCUT2D eigenvalue weighted by Crippen LogP contribution is -2.34. The molecule has 0 aliphatic rings. The first-order chi connectivity index (χ1) is 6.63. The van der Waals surface area contributed by atoms with Crippen LogP contribution >= 0.6 is 12.2 Å². The third-order valence-corrected chi connectivity index (χ3v) is 1.61. The quantitative estimate of drug-likeness (QED) is 0.655. The summed E-state index contributed by atoms with van der Waals surface area (Å²) in [5.41, 5.74) is 6.04. The molecule has 3 N–H and O–H groups in total. The summed E-state index contributed by atoms with van der Waals surface area (Å²) in [6.07, 6.45) is 0. The first kappa shape index (κ1) is 10.2. The average molecular weight is 205 g/mol. The standard InChI is InChI=1S/C9H7N3OS/c10-5-6-1-3-7(4-2-6)8(13)12-9(11)14/h1-4H,(H3,11,12,13,14). The Morgan fingerprint density at radius 3 is 2.43 bits per heavy atom. The fourth-order valence-electron chi connectivity index (χ4n) is 0.880. The van der Waals surface area contributed by atoms with Gasteiger partial charge >= 0.3 is 0 Å². The summed E-state index contributed by atoms with van der Waals surface area (Å²) in [7, 11) is 0. The maximum absolute atomic E-state index is 11.3. The van der Waals surface area contributed by atoms with Gasteiger partial charge in [0.05, 0.1) is 11.6 Å². The van der Waals surface area contributed by atoms with Crippen LogP contribution < -0.4 is 11.1 Å². The van der Waals surface area contributed by atoms with Gasteiger partial charge in [-0.05, 0) is 36.5 Å². The molecule has 0 atom stereocenters. The van der Waals surface area contributed by atoms with Gasteiger partial charge in [0.2, 0.25) is 0 Å². The molecule has 0 radical (unpaired) electrons. The van der Waals surface area contributed by atoms with Crippen LogP contribution in [0.3, 0.4) is 0 Å². The second-order valence-corrected chi connectivity index (χ2v) is 2.95. The van der Waals surface area contributed by atoms with Crippen molar-refractivity contribution in [3.63, 3.8) is 0 Å². The number of amides is 1. The fraction of sp³-hybridized carbons (Fsp3) is 0. The topological polar surface area (TPSA) is 78.9 Å². The van der Waals surface area contributed by atoms with Gasteiger partial charge < -0.3 is 5.73 Å². The summed E-state index contributed by atoms with van der Waals surface area (Å²) >= 11 is 4.51. The predicted molar refractivity (Wildman–Crippen MR) is 55.4 cm³/mol. The first-order valence-corrected chi connectivity index (χ1v) is 4.15. The van der Waals surface area contributed by atoms with Crippen LogP contribution in [-0.2, 0) is 0 Å². The first-order valence-electron chi connectivity index (χ1n) is 3.74. The van der Waals surface area contributed by atoms with E-state index >= 15 is 0 Å². The molecule has 1 rings (SSSR count). The zero-order valence-electron chi connectivity index (χ0n) is 7.15. The van der Waals surface area contributed by atoms with Crippen molar-refractivity contribution < 1.29 is 4.79 Å². The van der Waals surface area contributed by atoms with E-state index in [1.165, 1.54) is 12.1 Å². The number of benzene rings is 1. The number of nitrogens with two attached hydrogens (primary N) is 1. The molecule has 0 heterocycles. The molecule has 0 aliphatic heterocycles. The van der Waals surface area contributed by atoms with Gasteiger partial charge in [-0.25, -0.2) is 0 Å². The Kier molecular flexibility index (Phi) is 3.15. The van der Waals surface area contributed by atoms with E-state index in [0.717, 1.165) is 0 Å². The number of nitrogens with zero attached hydrogens (tertiary/aromatic N) is 1. The number of nitriles is 1. The average Bonchev–Trinajstić information content (AvgIpc) is 2.17. The second-order valence-electron chi connectivity index (χ2n) is 2.51. The molecule has 5 heteroatoms. The largest absolute Gasteiger partial charge is 0.376 e. The number of hydrogen-bond donors (Lipinski definition) is 2. The highest BCUT2D eigenvalue weighted by molar-refractivity contribution is 7.80. The van der Waals surface area contributed by atoms with Crippen LogP contribution in [0.2, 0.25) is 0 Å². The zero-order chi connectivity index (χ0) is 10.6. The van der Waals surface area contributed by atoms with Crippen molar-refractivity contribution in [1.82, 2.24) is 5.32 Å². The van der Waals surface area contributed by atoms with Gasteiger partial charge in [-0.1, -0.05) is 0 Å². The Labute approximate surface area is 86.3 Å². The van der Waals surface area contributed by atoms with E-state index in [2.05, 4.69) is 17.5 Å². The zero-order valence-corrected chi connectivity index (χ0v) is 7.97. The molecule has 0 saturated carbocycles. The van der Waals surface area contributed by atoms with E-state index in [4.69, 9.17) is 11.0 Å². The van der Waals surface area contributed by atoms with Crippen molar-refractivity contribution in [1.29, 1.82) is 5.26 Å². The molecule has 70 valence electrons. The second kappa shape index (κ2) is 4.35. The van der Waals surface area contributed by atoms with Crippen LogP contribution in [0.4, 0.5) is 0 Å². The van der Waals surface area contributed by atoms with Gasteiger partial charge in [-0.15, -0.1) is 0 Å². The van der Waals surface area contributed by atoms with Gasteiger partial charge in [0, 0.05) is 5.56 Å². The van der Waals surface area contributed by atoms with E-state index in [9.17, 15) is 4.79 Å². The monoisotopic (exact) mass is 205 g/mol. The van der Waals surface area contributed by atoms with Crippen molar-refractivity contribution in [2.75, 3.05) is 0 Å². The number of carbonyl (C=O) groups is 1. The van der Waals surface area contributed by atoms with Crippen molar-refractivity contribution in [2.45, 2.75) is 0 Å². The van der Waals surface area contributed by atoms with E-state index in [0.29, 0.717) is 11.1 Å². The molecule has 1 aromatic carbocycles. The molecule has 0 saturated heterocycles. The van der Waals surface area contributed by atoms with Crippen molar-refractivity contribution in [3.8, 4) is 6.07 Å². The van der Waals surface area contributed by atoms with Crippen molar-refractivity contribution in [2.24, 2.45) is 5.73 Å². The molecular formula is C9H7N3OS. The van der Waals surface area contributed by atoms with Gasteiger partial charge in [0.25, 0.3) is 5.91 Å². The summed E-state index contributed by atoms with van der Waals surface area (Å²) in [4.78, 5) is 11.3. The minimum Gasteiger partial charge on any atom is -0.376 e. The maximum Gasteiger partial charge on any atom is 0.257 e. The Hall–Kier alpha value is -1.93. The highest BCUT2D eigenvalue weighted by Gasteiger charge is 2.04. The lowest BCUT2D eigenvalue weighted by Gasteiger charge is -2.01. The number of hydrogen-bond acceptors (Lipinski definition) is 3. The van der Waals surface area contributed by atoms with Crippen LogP contribution in [0.25, 0.3) is 0 Å². The number of rotatable bonds is 1. The third-order valence-electron chi connectivity index (χ3n) is 1.51. The highest BCUT2D eigenvalue weighted by atomic mass is 32.1. The van der Waals surface area contributed by atoms with E-state index in [-0.39, 0.29) is 11.0 Å². The Morgan fingerprint density at radius 2 is 2.00 bits per heavy atom. The van der Waals surface area contributed by atoms with Crippen molar-refractivity contribution >= 4 is 23.2 Å². The maximum atomic E-state index is 11.3. The molecule has 1 aromatic rings. The molecule has 4 nitrogen and oxygen atoms in total. The molecule has 1 amide bonds. The summed E-state index contributed by atoms with van der Waals surface area (Å²) in [6.45, 7) is 0. The number of nitrogens with one attached hydrogen (secondary N) is 1. The normalized spacial score (nSPS) is 8.79. The summed E-state index contributed by atoms with van der Waals surface area (Å²) in [5, 5.41) is 10.7. The van der Waals surface area contributed by atoms with Gasteiger partial charge in [-0.3, -0.25) is 10.1 Å². The third kappa shape index (κ3) is 2.54. The minimum atomic E-state index is -0.373. The lowest BCUT2D eigenvalue weighted by molar-refractivity contribution is 0.0977. The van der Waals surface area contributed by atoms with Gasteiger partial charge in [0.1, 0.15) is 0 Å². The molecule has 0 aliphatic carbocycles. The minimum absolute atomic E-state index is 0.0700. The van der Waals surface area contributed by atoms with Crippen LogP contribution in [0, 0.1) is 11.3 Å². The van der Waals surface area contributed by atoms with Crippen LogP contribution in [-0.4, -0.2) is 11.0 Å². The predicted octanol–water partition coefficient (Wildman–Crippen LogP) is 0.532. The SMILES string of the molecule is N#Cc1ccc(C(=O)NC(N)=S)cc1. The number of thiocarbonyl (C=S) groups is 1. The van der Waals surface area contributed by atoms with Crippen LogP contribution in [0.15, 0.2) is 24.3 Å². The Bertz CT molecular complexity index is 405. The molecule has 0 spiro atoms. The smallest absolute Gasteiger partial charge is 0.257 e. The van der Waals surface area contributed by atoms with E-state index < -0.39 is 0 Å². The molecule has 0 fully saturated rings. The summed E-state index contributed by atoms with van der Waals surface area (Å²) in [6, 6.07) is 8.12. The Balaban J connectivity index is 2.83. The Morgan fingerprint density at radius 1 is 1.43 bits per heavy atom. The molecule has 0 bridgehead atoms. The highest BCUT2D eigenvalue weighted by Crippen LogP contribution is 2.02. The van der Waals surface area contributed by atoms with Gasteiger partial charge in [-0.2, -0.15) is 5.26 Å². The van der Waals surface area contributed by atoms with E-state index in [1.807, 2.05) is 6.07 Å². The van der Waals surface area contributed by atoms with Crippen LogP contribution in [0.5, 0.6) is 0 Å². The molecular weight excluding hydrogens is 198 g/mol. The fourth-order valence-corrected chi connectivity index (χ4v) is 0.973. The van der Waals surface area contributed by atoms with Crippen LogP contribution in [0.1, 0.15) is 15.9 Å². The lowest BCUT2D eigenvalue weighted by atomic mass is 10.1. The summed E-state index contributed by atoms with van der Waals surface area (Å²) in [5.74, 6) is -0.373. The molecule has 14 heavy (non-hydrogen) atoms. The molecule has 0 aromatic heterocycles. The van der Waals surface area contributed by atoms with E-state index in [1.54, 1.807) is 12.1 Å². The van der Waals surface area contributed by atoms with Crippen molar-refractivity contribution in [3.05, 3.63) is 35.4 Å². The summed E-state index contributed by atoms with van der Waals surface area (Å²) < 4.78 is 0. The number of carbonyl (C=O) groups excluding carboxylic acids is 1. The van der Waals surface area contributed by atoms with Gasteiger partial charge in [0.15, 0.2) is 5.11 Å².